The highest BCUT2D eigenvalue weighted by Crippen LogP contribution is 2.06. The van der Waals surface area contributed by atoms with Crippen molar-refractivity contribution in [1.82, 2.24) is 5.32 Å². The van der Waals surface area contributed by atoms with E-state index in [-0.39, 0.29) is 11.9 Å². The fourth-order valence-corrected chi connectivity index (χ4v) is 2.10. The number of alkyl halides is 1. The second-order valence-corrected chi connectivity index (χ2v) is 5.01. The van der Waals surface area contributed by atoms with Crippen LogP contribution < -0.4 is 5.32 Å². The van der Waals surface area contributed by atoms with E-state index in [1.807, 2.05) is 6.07 Å². The zero-order valence-corrected chi connectivity index (χ0v) is 12.5. The number of nitrogens with one attached hydrogen (secondary N) is 1. The molecule has 1 aromatic carbocycles. The van der Waals surface area contributed by atoms with Gasteiger partial charge in [0.05, 0.1) is 12.6 Å². The normalized spacial score (nSPS) is 12.2. The fourth-order valence-electron chi connectivity index (χ4n) is 1.75. The summed E-state index contributed by atoms with van der Waals surface area (Å²) in [5.74, 6) is 0.0676. The summed E-state index contributed by atoms with van der Waals surface area (Å²) in [7, 11) is 1.63. The molecule has 4 heteroatoms. The molecule has 1 aromatic rings. The maximum absolute atomic E-state index is 11.8. The molecule has 0 aliphatic heterocycles. The molecular formula is C14H20BrNO2. The average molecular weight is 314 g/mol. The van der Waals surface area contributed by atoms with E-state index in [2.05, 4.69) is 46.4 Å². The third-order valence-corrected chi connectivity index (χ3v) is 3.42. The standard InChI is InChI=1S/C14H20BrNO2/c1-11-4-3-5-12(8-11)6-7-14(17)16-13(9-15)10-18-2/h3-5,8,13H,6-7,9-10H2,1-2H3,(H,16,17). The molecule has 1 atom stereocenters. The van der Waals surface area contributed by atoms with Crippen molar-refractivity contribution in [3.05, 3.63) is 35.4 Å². The highest BCUT2D eigenvalue weighted by molar-refractivity contribution is 9.09. The number of rotatable bonds is 7. The number of amides is 1. The van der Waals surface area contributed by atoms with E-state index in [0.717, 1.165) is 6.42 Å². The third kappa shape index (κ3) is 5.65. The fraction of sp³-hybridized carbons (Fsp3) is 0.500. The van der Waals surface area contributed by atoms with Crippen LogP contribution in [-0.2, 0) is 16.0 Å². The Balaban J connectivity index is 2.36. The monoisotopic (exact) mass is 313 g/mol. The van der Waals surface area contributed by atoms with Gasteiger partial charge in [0.15, 0.2) is 0 Å². The summed E-state index contributed by atoms with van der Waals surface area (Å²) in [6.07, 6.45) is 1.28. The lowest BCUT2D eigenvalue weighted by atomic mass is 10.1. The van der Waals surface area contributed by atoms with Crippen LogP contribution in [0.4, 0.5) is 0 Å². The Morgan fingerprint density at radius 2 is 2.28 bits per heavy atom. The maximum atomic E-state index is 11.8. The van der Waals surface area contributed by atoms with E-state index in [4.69, 9.17) is 4.74 Å². The lowest BCUT2D eigenvalue weighted by Gasteiger charge is -2.15. The van der Waals surface area contributed by atoms with Gasteiger partial charge < -0.3 is 10.1 Å². The molecule has 100 valence electrons. The highest BCUT2D eigenvalue weighted by Gasteiger charge is 2.10. The molecule has 18 heavy (non-hydrogen) atoms. The van der Waals surface area contributed by atoms with Crippen molar-refractivity contribution < 1.29 is 9.53 Å². The molecule has 0 bridgehead atoms. The first-order valence-corrected chi connectivity index (χ1v) is 7.17. The van der Waals surface area contributed by atoms with Gasteiger partial charge in [0.2, 0.25) is 5.91 Å². The Labute approximate surface area is 117 Å². The number of hydrogen-bond acceptors (Lipinski definition) is 2. The number of carbonyl (C=O) groups is 1. The van der Waals surface area contributed by atoms with Crippen molar-refractivity contribution in [2.45, 2.75) is 25.8 Å². The third-order valence-electron chi connectivity index (χ3n) is 2.64. The minimum Gasteiger partial charge on any atom is -0.383 e. The summed E-state index contributed by atoms with van der Waals surface area (Å²) in [5, 5.41) is 3.65. The molecular weight excluding hydrogens is 294 g/mol. The predicted octanol–water partition coefficient (Wildman–Crippen LogP) is 2.45. The van der Waals surface area contributed by atoms with E-state index in [1.54, 1.807) is 7.11 Å². The first kappa shape index (κ1) is 15.2. The van der Waals surface area contributed by atoms with Crippen molar-refractivity contribution in [3.63, 3.8) is 0 Å². The summed E-state index contributed by atoms with van der Waals surface area (Å²) in [5.41, 5.74) is 2.43. The molecule has 0 spiro atoms. The minimum absolute atomic E-state index is 0.0417. The Morgan fingerprint density at radius 3 is 2.89 bits per heavy atom. The molecule has 0 aromatic heterocycles. The van der Waals surface area contributed by atoms with Crippen molar-refractivity contribution in [2.75, 3.05) is 19.0 Å². The molecule has 0 saturated heterocycles. The highest BCUT2D eigenvalue weighted by atomic mass is 79.9. The molecule has 1 N–H and O–H groups in total. The summed E-state index contributed by atoms with van der Waals surface area (Å²) >= 11 is 3.36. The Kier molecular flexibility index (Phi) is 6.98. The van der Waals surface area contributed by atoms with Gasteiger partial charge >= 0.3 is 0 Å². The topological polar surface area (TPSA) is 38.3 Å². The molecule has 0 aliphatic carbocycles. The van der Waals surface area contributed by atoms with Gasteiger partial charge in [-0.3, -0.25) is 4.79 Å². The number of ether oxygens (including phenoxy) is 1. The van der Waals surface area contributed by atoms with Gasteiger partial charge in [-0.25, -0.2) is 0 Å². The van der Waals surface area contributed by atoms with Gasteiger partial charge in [-0.05, 0) is 18.9 Å². The molecule has 0 radical (unpaired) electrons. The maximum Gasteiger partial charge on any atom is 0.220 e. The first-order chi connectivity index (χ1) is 8.65. The van der Waals surface area contributed by atoms with Crippen LogP contribution in [-0.4, -0.2) is 31.0 Å². The molecule has 0 heterocycles. The molecule has 1 unspecified atom stereocenters. The summed E-state index contributed by atoms with van der Waals surface area (Å²) in [6.45, 7) is 2.59. The Morgan fingerprint density at radius 1 is 1.50 bits per heavy atom. The lowest BCUT2D eigenvalue weighted by Crippen LogP contribution is -2.39. The quantitative estimate of drug-likeness (QED) is 0.785. The van der Waals surface area contributed by atoms with Crippen LogP contribution in [0.15, 0.2) is 24.3 Å². The molecule has 1 rings (SSSR count). The summed E-state index contributed by atoms with van der Waals surface area (Å²) < 4.78 is 5.03. The predicted molar refractivity (Wildman–Crippen MR) is 77.1 cm³/mol. The van der Waals surface area contributed by atoms with E-state index in [9.17, 15) is 4.79 Å². The second kappa shape index (κ2) is 8.27. The largest absolute Gasteiger partial charge is 0.383 e. The van der Waals surface area contributed by atoms with Gasteiger partial charge in [0.25, 0.3) is 0 Å². The number of hydrogen-bond donors (Lipinski definition) is 1. The van der Waals surface area contributed by atoms with Crippen LogP contribution in [0.2, 0.25) is 0 Å². The van der Waals surface area contributed by atoms with Crippen LogP contribution in [0.5, 0.6) is 0 Å². The van der Waals surface area contributed by atoms with Crippen molar-refractivity contribution in [1.29, 1.82) is 0 Å². The van der Waals surface area contributed by atoms with Gasteiger partial charge in [0.1, 0.15) is 0 Å². The number of halogens is 1. The van der Waals surface area contributed by atoms with Gasteiger partial charge in [-0.2, -0.15) is 0 Å². The average Bonchev–Trinajstić information content (AvgIpc) is 2.36. The van der Waals surface area contributed by atoms with Crippen LogP contribution in [0.3, 0.4) is 0 Å². The Hall–Kier alpha value is -0.870. The van der Waals surface area contributed by atoms with E-state index < -0.39 is 0 Å². The SMILES string of the molecule is COCC(CBr)NC(=O)CCc1cccc(C)c1. The number of carbonyl (C=O) groups excluding carboxylic acids is 1. The van der Waals surface area contributed by atoms with E-state index in [1.165, 1.54) is 11.1 Å². The van der Waals surface area contributed by atoms with Crippen LogP contribution in [0, 0.1) is 6.92 Å². The van der Waals surface area contributed by atoms with Gasteiger partial charge in [0, 0.05) is 18.9 Å². The van der Waals surface area contributed by atoms with Crippen LogP contribution >= 0.6 is 15.9 Å². The van der Waals surface area contributed by atoms with E-state index >= 15 is 0 Å². The molecule has 3 nitrogen and oxygen atoms in total. The number of aryl methyl sites for hydroxylation is 2. The summed E-state index contributed by atoms with van der Waals surface area (Å²) in [6, 6.07) is 8.29. The molecule has 0 saturated carbocycles. The van der Waals surface area contributed by atoms with Crippen molar-refractivity contribution >= 4 is 21.8 Å². The zero-order chi connectivity index (χ0) is 13.4. The van der Waals surface area contributed by atoms with Gasteiger partial charge in [-0.15, -0.1) is 0 Å². The minimum atomic E-state index is 0.0417. The number of benzene rings is 1. The number of methoxy groups -OCH3 is 1. The summed E-state index contributed by atoms with van der Waals surface area (Å²) in [4.78, 5) is 11.8. The van der Waals surface area contributed by atoms with Crippen LogP contribution in [0.25, 0.3) is 0 Å². The first-order valence-electron chi connectivity index (χ1n) is 6.05. The molecule has 1 amide bonds. The zero-order valence-electron chi connectivity index (χ0n) is 10.9. The van der Waals surface area contributed by atoms with E-state index in [0.29, 0.717) is 18.4 Å². The smallest absolute Gasteiger partial charge is 0.220 e. The van der Waals surface area contributed by atoms with Gasteiger partial charge in [-0.1, -0.05) is 45.8 Å². The van der Waals surface area contributed by atoms with Crippen molar-refractivity contribution in [2.24, 2.45) is 0 Å². The molecule has 0 aliphatic rings. The van der Waals surface area contributed by atoms with Crippen molar-refractivity contribution in [3.8, 4) is 0 Å². The second-order valence-electron chi connectivity index (χ2n) is 4.36. The van der Waals surface area contributed by atoms with Crippen LogP contribution in [0.1, 0.15) is 17.5 Å². The Bertz CT molecular complexity index is 382. The molecule has 0 fully saturated rings. The lowest BCUT2D eigenvalue weighted by molar-refractivity contribution is -0.121.